The van der Waals surface area contributed by atoms with Crippen molar-refractivity contribution in [3.8, 4) is 0 Å². The van der Waals surface area contributed by atoms with Crippen molar-refractivity contribution in [1.82, 2.24) is 0 Å². The Kier molecular flexibility index (Phi) is 2.46. The normalized spacial score (nSPS) is 9.64. The summed E-state index contributed by atoms with van der Waals surface area (Å²) in [5, 5.41) is 8.61. The first kappa shape index (κ1) is 8.49. The highest BCUT2D eigenvalue weighted by Crippen LogP contribution is 2.17. The molecular formula is C7H6O2S2. The molecular weight excluding hydrogens is 180 g/mol. The summed E-state index contributed by atoms with van der Waals surface area (Å²) in [6.45, 7) is 0. The molecule has 0 saturated carbocycles. The van der Waals surface area contributed by atoms with E-state index in [2.05, 4.69) is 25.3 Å². The van der Waals surface area contributed by atoms with Gasteiger partial charge in [-0.15, -0.1) is 25.3 Å². The van der Waals surface area contributed by atoms with E-state index in [4.69, 9.17) is 5.11 Å². The molecule has 0 amide bonds. The number of carboxylic acid groups (broad SMARTS) is 1. The van der Waals surface area contributed by atoms with E-state index in [0.29, 0.717) is 9.79 Å². The summed E-state index contributed by atoms with van der Waals surface area (Å²) < 4.78 is 0. The van der Waals surface area contributed by atoms with Crippen LogP contribution in [0.15, 0.2) is 28.0 Å². The van der Waals surface area contributed by atoms with Gasteiger partial charge in [0.2, 0.25) is 0 Å². The molecule has 0 heterocycles. The van der Waals surface area contributed by atoms with Gasteiger partial charge >= 0.3 is 5.97 Å². The van der Waals surface area contributed by atoms with Crippen LogP contribution in [0, 0.1) is 0 Å². The zero-order valence-electron chi connectivity index (χ0n) is 5.48. The van der Waals surface area contributed by atoms with Gasteiger partial charge in [0.15, 0.2) is 0 Å². The molecule has 0 aliphatic heterocycles. The second kappa shape index (κ2) is 3.19. The van der Waals surface area contributed by atoms with Crippen LogP contribution in [0.25, 0.3) is 0 Å². The fourth-order valence-electron chi connectivity index (χ4n) is 0.695. The minimum Gasteiger partial charge on any atom is -0.478 e. The molecule has 1 aromatic rings. The third-order valence-electron chi connectivity index (χ3n) is 1.21. The van der Waals surface area contributed by atoms with Gasteiger partial charge in [0, 0.05) is 9.79 Å². The Balaban J connectivity index is 3.23. The summed E-state index contributed by atoms with van der Waals surface area (Å²) >= 11 is 7.97. The number of benzene rings is 1. The maximum atomic E-state index is 10.5. The van der Waals surface area contributed by atoms with Crippen LogP contribution >= 0.6 is 25.3 Å². The zero-order chi connectivity index (χ0) is 8.43. The lowest BCUT2D eigenvalue weighted by atomic mass is 10.2. The molecule has 0 atom stereocenters. The molecule has 58 valence electrons. The number of carboxylic acids is 1. The van der Waals surface area contributed by atoms with Gasteiger partial charge in [-0.3, -0.25) is 0 Å². The second-order valence-electron chi connectivity index (χ2n) is 2.01. The lowest BCUT2D eigenvalue weighted by molar-refractivity contribution is 0.0693. The zero-order valence-corrected chi connectivity index (χ0v) is 7.27. The van der Waals surface area contributed by atoms with E-state index in [0.717, 1.165) is 0 Å². The van der Waals surface area contributed by atoms with Gasteiger partial charge in [-0.2, -0.15) is 0 Å². The van der Waals surface area contributed by atoms with Gasteiger partial charge < -0.3 is 5.11 Å². The summed E-state index contributed by atoms with van der Waals surface area (Å²) in [4.78, 5) is 11.6. The van der Waals surface area contributed by atoms with Crippen LogP contribution in [0.2, 0.25) is 0 Å². The highest BCUT2D eigenvalue weighted by Gasteiger charge is 2.06. The van der Waals surface area contributed by atoms with E-state index >= 15 is 0 Å². The van der Waals surface area contributed by atoms with Crippen molar-refractivity contribution in [2.45, 2.75) is 9.79 Å². The summed E-state index contributed by atoms with van der Waals surface area (Å²) in [5.74, 6) is -0.981. The Bertz CT molecular complexity index is 296. The maximum absolute atomic E-state index is 10.5. The predicted octanol–water partition coefficient (Wildman–Crippen LogP) is 1.96. The molecule has 2 nitrogen and oxygen atoms in total. The molecule has 0 fully saturated rings. The average molecular weight is 186 g/mol. The maximum Gasteiger partial charge on any atom is 0.336 e. The highest BCUT2D eigenvalue weighted by atomic mass is 32.1. The number of rotatable bonds is 1. The topological polar surface area (TPSA) is 37.3 Å². The monoisotopic (exact) mass is 186 g/mol. The lowest BCUT2D eigenvalue weighted by Gasteiger charge is -1.98. The van der Waals surface area contributed by atoms with Crippen LogP contribution in [-0.4, -0.2) is 11.1 Å². The first-order valence-electron chi connectivity index (χ1n) is 2.86. The third kappa shape index (κ3) is 1.91. The fraction of sp³-hybridized carbons (Fsp3) is 0. The van der Waals surface area contributed by atoms with Crippen LogP contribution < -0.4 is 0 Å². The van der Waals surface area contributed by atoms with Crippen molar-refractivity contribution >= 4 is 31.2 Å². The lowest BCUT2D eigenvalue weighted by Crippen LogP contribution is -1.97. The number of hydrogen-bond donors (Lipinski definition) is 3. The van der Waals surface area contributed by atoms with Gasteiger partial charge in [-0.25, -0.2) is 4.79 Å². The van der Waals surface area contributed by atoms with Crippen molar-refractivity contribution in [2.75, 3.05) is 0 Å². The third-order valence-corrected chi connectivity index (χ3v) is 1.88. The summed E-state index contributed by atoms with van der Waals surface area (Å²) in [7, 11) is 0. The molecule has 0 unspecified atom stereocenters. The minimum absolute atomic E-state index is 0.181. The van der Waals surface area contributed by atoms with Crippen molar-refractivity contribution in [1.29, 1.82) is 0 Å². The fourth-order valence-corrected chi connectivity index (χ4v) is 1.13. The SMILES string of the molecule is O=C(O)c1cc(S)ccc1S. The van der Waals surface area contributed by atoms with Crippen LogP contribution in [0.1, 0.15) is 10.4 Å². The molecule has 11 heavy (non-hydrogen) atoms. The Morgan fingerprint density at radius 2 is 2.00 bits per heavy atom. The van der Waals surface area contributed by atoms with Crippen LogP contribution in [0.4, 0.5) is 0 Å². The molecule has 1 rings (SSSR count). The first-order chi connectivity index (χ1) is 5.11. The first-order valence-corrected chi connectivity index (χ1v) is 3.76. The van der Waals surface area contributed by atoms with Gasteiger partial charge in [-0.05, 0) is 18.2 Å². The Morgan fingerprint density at radius 1 is 1.36 bits per heavy atom. The number of thiol groups is 2. The Labute approximate surface area is 75.1 Å². The van der Waals surface area contributed by atoms with Gasteiger partial charge in [0.1, 0.15) is 0 Å². The molecule has 0 aromatic heterocycles. The van der Waals surface area contributed by atoms with Crippen molar-refractivity contribution < 1.29 is 9.90 Å². The van der Waals surface area contributed by atoms with Crippen molar-refractivity contribution in [3.05, 3.63) is 23.8 Å². The standard InChI is InChI=1S/C7H6O2S2/c8-7(9)5-3-4(10)1-2-6(5)11/h1-3,10-11H,(H,8,9). The van der Waals surface area contributed by atoms with E-state index in [9.17, 15) is 4.79 Å². The molecule has 0 saturated heterocycles. The largest absolute Gasteiger partial charge is 0.478 e. The molecule has 0 bridgehead atoms. The van der Waals surface area contributed by atoms with Gasteiger partial charge in [0.25, 0.3) is 0 Å². The average Bonchev–Trinajstić information content (AvgIpc) is 1.94. The molecule has 0 aliphatic carbocycles. The van der Waals surface area contributed by atoms with Gasteiger partial charge in [0.05, 0.1) is 5.56 Å². The van der Waals surface area contributed by atoms with E-state index < -0.39 is 5.97 Å². The molecule has 0 radical (unpaired) electrons. The second-order valence-corrected chi connectivity index (χ2v) is 3.00. The molecule has 1 aromatic carbocycles. The van der Waals surface area contributed by atoms with E-state index in [1.54, 1.807) is 12.1 Å². The number of carbonyl (C=O) groups is 1. The summed E-state index contributed by atoms with van der Waals surface area (Å²) in [5.41, 5.74) is 0.181. The Hall–Kier alpha value is -0.610. The molecule has 4 heteroatoms. The predicted molar refractivity (Wildman–Crippen MR) is 47.9 cm³/mol. The minimum atomic E-state index is -0.981. The molecule has 0 spiro atoms. The van der Waals surface area contributed by atoms with Crippen molar-refractivity contribution in [2.24, 2.45) is 0 Å². The van der Waals surface area contributed by atoms with Crippen LogP contribution in [0.3, 0.4) is 0 Å². The summed E-state index contributed by atoms with van der Waals surface area (Å²) in [6, 6.07) is 4.76. The van der Waals surface area contributed by atoms with E-state index in [1.165, 1.54) is 6.07 Å². The van der Waals surface area contributed by atoms with E-state index in [1.807, 2.05) is 0 Å². The summed E-state index contributed by atoms with van der Waals surface area (Å²) in [6.07, 6.45) is 0. The molecule has 0 aliphatic rings. The smallest absolute Gasteiger partial charge is 0.336 e. The molecule has 1 N–H and O–H groups in total. The van der Waals surface area contributed by atoms with Gasteiger partial charge in [-0.1, -0.05) is 0 Å². The van der Waals surface area contributed by atoms with Crippen LogP contribution in [-0.2, 0) is 0 Å². The number of hydrogen-bond acceptors (Lipinski definition) is 3. The quantitative estimate of drug-likeness (QED) is 0.586. The Morgan fingerprint density at radius 3 is 2.45 bits per heavy atom. The van der Waals surface area contributed by atoms with Crippen molar-refractivity contribution in [3.63, 3.8) is 0 Å². The number of aromatic carboxylic acids is 1. The highest BCUT2D eigenvalue weighted by molar-refractivity contribution is 7.80. The van der Waals surface area contributed by atoms with Crippen LogP contribution in [0.5, 0.6) is 0 Å². The van der Waals surface area contributed by atoms with E-state index in [-0.39, 0.29) is 5.56 Å².